The average Bonchev–Trinajstić information content (AvgIpc) is 2.80. The zero-order valence-corrected chi connectivity index (χ0v) is 21.5. The van der Waals surface area contributed by atoms with Gasteiger partial charge in [0, 0.05) is 26.4 Å². The van der Waals surface area contributed by atoms with E-state index < -0.39 is 17.7 Å². The molecule has 34 heavy (non-hydrogen) atoms. The number of nitrogens with zero attached hydrogens (tertiary/aromatic N) is 1. The van der Waals surface area contributed by atoms with Crippen molar-refractivity contribution < 1.29 is 14.3 Å². The van der Waals surface area contributed by atoms with Gasteiger partial charge in [-0.1, -0.05) is 33.6 Å². The Morgan fingerprint density at radius 3 is 2.68 bits per heavy atom. The Balaban J connectivity index is 1.63. The van der Waals surface area contributed by atoms with Crippen LogP contribution in [0.1, 0.15) is 18.5 Å². The number of hydrogen-bond donors (Lipinski definition) is 2. The van der Waals surface area contributed by atoms with E-state index in [1.165, 1.54) is 0 Å². The second-order valence-electron chi connectivity index (χ2n) is 8.28. The Hall–Kier alpha value is -2.81. The summed E-state index contributed by atoms with van der Waals surface area (Å²) in [4.78, 5) is 15.7. The first-order valence-electron chi connectivity index (χ1n) is 10.6. The number of rotatable bonds is 4. The van der Waals surface area contributed by atoms with E-state index in [4.69, 9.17) is 33.3 Å². The molecule has 2 aliphatic heterocycles. The van der Waals surface area contributed by atoms with Crippen molar-refractivity contribution in [2.45, 2.75) is 18.7 Å². The zero-order valence-electron chi connectivity index (χ0n) is 18.3. The number of carbonyl (C=O) groups is 1. The molecule has 0 aromatic heterocycles. The van der Waals surface area contributed by atoms with Crippen molar-refractivity contribution in [1.29, 1.82) is 0 Å². The maximum atomic E-state index is 13.8. The van der Waals surface area contributed by atoms with Crippen LogP contribution in [0.25, 0.3) is 0 Å². The normalized spacial score (nSPS) is 22.8. The first-order valence-corrected chi connectivity index (χ1v) is 12.2. The number of anilines is 2. The molecule has 9 heteroatoms. The van der Waals surface area contributed by atoms with Crippen molar-refractivity contribution in [1.82, 2.24) is 5.32 Å². The summed E-state index contributed by atoms with van der Waals surface area (Å²) in [5.74, 6) is 0.468. The minimum Gasteiger partial charge on any atom is -0.497 e. The Labute approximate surface area is 216 Å². The SMILES string of the molecule is COc1ccc2c(c1)[C@@H]1NC(=S)N(c3cccc(Br)c3)[C@@](C)(O2)[C@@H]1C(=O)Nc1ccc(Cl)cc1. The van der Waals surface area contributed by atoms with Gasteiger partial charge in [-0.25, -0.2) is 0 Å². The summed E-state index contributed by atoms with van der Waals surface area (Å²) >= 11 is 15.3. The van der Waals surface area contributed by atoms with Crippen molar-refractivity contribution in [3.05, 3.63) is 81.8 Å². The third kappa shape index (κ3) is 3.89. The van der Waals surface area contributed by atoms with Crippen molar-refractivity contribution in [2.75, 3.05) is 17.3 Å². The number of benzene rings is 3. The number of ether oxygens (including phenoxy) is 2. The number of hydrogen-bond acceptors (Lipinski definition) is 4. The van der Waals surface area contributed by atoms with Gasteiger partial charge in [0.05, 0.1) is 13.2 Å². The summed E-state index contributed by atoms with van der Waals surface area (Å²) in [6.07, 6.45) is 0. The first kappa shape index (κ1) is 23.0. The van der Waals surface area contributed by atoms with E-state index in [9.17, 15) is 4.79 Å². The average molecular weight is 559 g/mol. The van der Waals surface area contributed by atoms with Gasteiger partial charge in [-0.3, -0.25) is 9.69 Å². The van der Waals surface area contributed by atoms with Crippen molar-refractivity contribution in [3.8, 4) is 11.5 Å². The minimum absolute atomic E-state index is 0.210. The number of nitrogens with one attached hydrogen (secondary N) is 2. The van der Waals surface area contributed by atoms with Gasteiger partial charge in [0.2, 0.25) is 5.91 Å². The topological polar surface area (TPSA) is 62.8 Å². The molecule has 0 radical (unpaired) electrons. The Morgan fingerprint density at radius 1 is 1.21 bits per heavy atom. The van der Waals surface area contributed by atoms with E-state index in [2.05, 4.69) is 26.6 Å². The van der Waals surface area contributed by atoms with Crippen LogP contribution >= 0.6 is 39.7 Å². The van der Waals surface area contributed by atoms with Crippen LogP contribution in [0.3, 0.4) is 0 Å². The van der Waals surface area contributed by atoms with Crippen LogP contribution in [0.4, 0.5) is 11.4 Å². The van der Waals surface area contributed by atoms with Gasteiger partial charge >= 0.3 is 0 Å². The van der Waals surface area contributed by atoms with Gasteiger partial charge in [-0.2, -0.15) is 0 Å². The van der Waals surface area contributed by atoms with E-state index in [-0.39, 0.29) is 5.91 Å². The third-order valence-electron chi connectivity index (χ3n) is 6.17. The van der Waals surface area contributed by atoms with E-state index in [1.54, 1.807) is 31.4 Å². The van der Waals surface area contributed by atoms with Crippen LogP contribution in [-0.4, -0.2) is 23.9 Å². The highest BCUT2D eigenvalue weighted by molar-refractivity contribution is 9.10. The lowest BCUT2D eigenvalue weighted by Gasteiger charge is -2.56. The summed E-state index contributed by atoms with van der Waals surface area (Å²) in [5, 5.41) is 7.48. The number of amides is 1. The van der Waals surface area contributed by atoms with E-state index in [0.29, 0.717) is 27.3 Å². The molecule has 1 amide bonds. The highest BCUT2D eigenvalue weighted by atomic mass is 79.9. The minimum atomic E-state index is -1.11. The number of carbonyl (C=O) groups excluding carboxylic acids is 1. The summed E-state index contributed by atoms with van der Waals surface area (Å²) in [5.41, 5.74) is 1.15. The van der Waals surface area contributed by atoms with Gasteiger partial charge in [0.25, 0.3) is 0 Å². The van der Waals surface area contributed by atoms with Crippen molar-refractivity contribution in [3.63, 3.8) is 0 Å². The second-order valence-corrected chi connectivity index (χ2v) is 10.0. The summed E-state index contributed by atoms with van der Waals surface area (Å²) in [6, 6.07) is 19.9. The molecule has 0 aliphatic carbocycles. The van der Waals surface area contributed by atoms with Crippen LogP contribution in [0.5, 0.6) is 11.5 Å². The molecule has 0 saturated carbocycles. The molecule has 0 unspecified atom stereocenters. The first-order chi connectivity index (χ1) is 16.3. The van der Waals surface area contributed by atoms with Crippen molar-refractivity contribution in [2.24, 2.45) is 5.92 Å². The highest BCUT2D eigenvalue weighted by Crippen LogP contribution is 2.50. The van der Waals surface area contributed by atoms with Crippen LogP contribution in [0.15, 0.2) is 71.2 Å². The number of halogens is 2. The molecule has 1 saturated heterocycles. The molecular formula is C25H21BrClN3O3S. The Kier molecular flexibility index (Phi) is 5.91. The highest BCUT2D eigenvalue weighted by Gasteiger charge is 2.59. The Bertz CT molecular complexity index is 1290. The van der Waals surface area contributed by atoms with Gasteiger partial charge in [0.15, 0.2) is 10.8 Å². The van der Waals surface area contributed by atoms with Crippen LogP contribution in [-0.2, 0) is 4.79 Å². The molecular weight excluding hydrogens is 538 g/mol. The molecule has 3 atom stereocenters. The van der Waals surface area contributed by atoms with E-state index in [0.717, 1.165) is 15.7 Å². The predicted octanol–water partition coefficient (Wildman–Crippen LogP) is 5.91. The quantitative estimate of drug-likeness (QED) is 0.388. The van der Waals surface area contributed by atoms with Crippen molar-refractivity contribution >= 4 is 62.1 Å². The van der Waals surface area contributed by atoms with Gasteiger partial charge in [-0.05, 0) is 79.8 Å². The fourth-order valence-corrected chi connectivity index (χ4v) is 5.57. The standard InChI is InChI=1S/C25H21BrClN3O3S/c1-25-21(23(31)28-16-8-6-15(27)7-9-16)22(19-13-18(32-2)10-11-20(19)33-25)29-24(34)30(25)17-5-3-4-14(26)12-17/h3-13,21-22H,1-2H3,(H,28,31)(H,29,34)/t21-,22-,25-/m0/s1. The molecule has 2 N–H and O–H groups in total. The van der Waals surface area contributed by atoms with Crippen LogP contribution in [0.2, 0.25) is 5.02 Å². The largest absolute Gasteiger partial charge is 0.497 e. The Morgan fingerprint density at radius 2 is 1.97 bits per heavy atom. The second kappa shape index (κ2) is 8.76. The summed E-state index contributed by atoms with van der Waals surface area (Å²) in [7, 11) is 1.61. The lowest BCUT2D eigenvalue weighted by Crippen LogP contribution is -2.72. The third-order valence-corrected chi connectivity index (χ3v) is 7.21. The monoisotopic (exact) mass is 557 g/mol. The number of fused-ring (bicyclic) bond motifs is 4. The molecule has 1 fully saturated rings. The molecule has 5 rings (SSSR count). The lowest BCUT2D eigenvalue weighted by molar-refractivity contribution is -0.130. The maximum absolute atomic E-state index is 13.8. The van der Waals surface area contributed by atoms with E-state index >= 15 is 0 Å². The molecule has 2 bridgehead atoms. The van der Waals surface area contributed by atoms with Gasteiger partial charge < -0.3 is 20.1 Å². The molecule has 3 aromatic carbocycles. The van der Waals surface area contributed by atoms with Gasteiger partial charge in [-0.15, -0.1) is 0 Å². The molecule has 3 aromatic rings. The number of thiocarbonyl (C=S) groups is 1. The van der Waals surface area contributed by atoms with Crippen LogP contribution < -0.4 is 25.0 Å². The maximum Gasteiger partial charge on any atom is 0.236 e. The molecule has 0 spiro atoms. The smallest absolute Gasteiger partial charge is 0.236 e. The molecule has 2 heterocycles. The summed E-state index contributed by atoms with van der Waals surface area (Å²) in [6.45, 7) is 1.90. The molecule has 6 nitrogen and oxygen atoms in total. The lowest BCUT2D eigenvalue weighted by atomic mass is 9.78. The fraction of sp³-hybridized carbons (Fsp3) is 0.200. The summed E-state index contributed by atoms with van der Waals surface area (Å²) < 4.78 is 12.9. The van der Waals surface area contributed by atoms with Gasteiger partial charge in [0.1, 0.15) is 17.4 Å². The number of methoxy groups -OCH3 is 1. The fourth-order valence-electron chi connectivity index (χ4n) is 4.65. The zero-order chi connectivity index (χ0) is 24.0. The van der Waals surface area contributed by atoms with Crippen LogP contribution in [0, 0.1) is 5.92 Å². The van der Waals surface area contributed by atoms with E-state index in [1.807, 2.05) is 54.3 Å². The predicted molar refractivity (Wildman–Crippen MR) is 141 cm³/mol. The molecule has 2 aliphatic rings. The molecule has 174 valence electrons.